The normalized spacial score (nSPS) is 11.0. The maximum atomic E-state index is 12.0. The number of nitrogens with zero attached hydrogens (tertiary/aromatic N) is 4. The Balaban J connectivity index is 1.76. The van der Waals surface area contributed by atoms with Crippen molar-refractivity contribution in [2.75, 3.05) is 39.1 Å². The lowest BCUT2D eigenvalue weighted by molar-refractivity contribution is 0.252. The maximum Gasteiger partial charge on any atom is 0.321 e. The van der Waals surface area contributed by atoms with Crippen molar-refractivity contribution in [1.29, 1.82) is 0 Å². The Hall–Kier alpha value is -3.98. The number of H-pyrrole nitrogens is 1. The number of aromatic amines is 1. The minimum Gasteiger partial charge on any atom is -0.492 e. The zero-order valence-corrected chi connectivity index (χ0v) is 18.9. The number of hydrogen-bond donors (Lipinski definition) is 3. The van der Waals surface area contributed by atoms with Crippen LogP contribution in [-0.4, -0.2) is 64.7 Å². The number of urea groups is 1. The molecule has 33 heavy (non-hydrogen) atoms. The van der Waals surface area contributed by atoms with Crippen molar-refractivity contribution in [1.82, 2.24) is 30.2 Å². The highest BCUT2D eigenvalue weighted by molar-refractivity contribution is 5.98. The number of aromatic nitrogens is 4. The SMILES string of the molecule is CCNC(=O)Nc1nc2c(-c3cc(OCCN(C)C)ccn3)cc(-c3cccnc3)cc2[nH]1. The molecule has 0 saturated carbocycles. The van der Waals surface area contributed by atoms with Gasteiger partial charge in [0.1, 0.15) is 12.4 Å². The minimum atomic E-state index is -0.319. The third-order valence-corrected chi connectivity index (χ3v) is 4.97. The van der Waals surface area contributed by atoms with E-state index >= 15 is 0 Å². The zero-order valence-electron chi connectivity index (χ0n) is 18.9. The van der Waals surface area contributed by atoms with E-state index in [9.17, 15) is 4.79 Å². The highest BCUT2D eigenvalue weighted by atomic mass is 16.5. The number of carbonyl (C=O) groups is 1. The van der Waals surface area contributed by atoms with E-state index in [4.69, 9.17) is 4.74 Å². The number of benzene rings is 1. The van der Waals surface area contributed by atoms with Crippen LogP contribution >= 0.6 is 0 Å². The average molecular weight is 446 g/mol. The Bertz CT molecular complexity index is 1240. The molecule has 0 atom stereocenters. The van der Waals surface area contributed by atoms with Crippen LogP contribution in [-0.2, 0) is 0 Å². The van der Waals surface area contributed by atoms with E-state index in [1.807, 2.05) is 63.6 Å². The number of likely N-dealkylation sites (N-methyl/N-ethyl adjacent to an activating group) is 1. The first kappa shape index (κ1) is 22.2. The molecular formula is C24H27N7O2. The van der Waals surface area contributed by atoms with Crippen LogP contribution in [0.3, 0.4) is 0 Å². The van der Waals surface area contributed by atoms with E-state index < -0.39 is 0 Å². The molecule has 4 rings (SSSR count). The van der Waals surface area contributed by atoms with Gasteiger partial charge in [0, 0.05) is 48.9 Å². The summed E-state index contributed by atoms with van der Waals surface area (Å²) >= 11 is 0. The van der Waals surface area contributed by atoms with E-state index in [1.165, 1.54) is 0 Å². The van der Waals surface area contributed by atoms with E-state index in [1.54, 1.807) is 12.4 Å². The van der Waals surface area contributed by atoms with Gasteiger partial charge >= 0.3 is 6.03 Å². The molecule has 1 aromatic carbocycles. The van der Waals surface area contributed by atoms with Crippen LogP contribution in [0, 0.1) is 0 Å². The number of fused-ring (bicyclic) bond motifs is 1. The first-order valence-corrected chi connectivity index (χ1v) is 10.8. The van der Waals surface area contributed by atoms with Crippen LogP contribution in [0.1, 0.15) is 6.92 Å². The van der Waals surface area contributed by atoms with Crippen molar-refractivity contribution in [3.05, 3.63) is 55.0 Å². The summed E-state index contributed by atoms with van der Waals surface area (Å²) in [6, 6.07) is 11.3. The van der Waals surface area contributed by atoms with E-state index in [0.29, 0.717) is 24.6 Å². The highest BCUT2D eigenvalue weighted by Gasteiger charge is 2.15. The molecule has 0 aliphatic carbocycles. The fourth-order valence-corrected chi connectivity index (χ4v) is 3.38. The molecule has 3 N–H and O–H groups in total. The summed E-state index contributed by atoms with van der Waals surface area (Å²) in [4.78, 5) is 30.7. The molecule has 0 radical (unpaired) electrons. The van der Waals surface area contributed by atoms with Gasteiger partial charge in [0.25, 0.3) is 0 Å². The van der Waals surface area contributed by atoms with Gasteiger partial charge in [-0.25, -0.2) is 9.78 Å². The lowest BCUT2D eigenvalue weighted by Gasteiger charge is -2.12. The van der Waals surface area contributed by atoms with Gasteiger partial charge in [-0.15, -0.1) is 0 Å². The van der Waals surface area contributed by atoms with Gasteiger partial charge in [0.05, 0.1) is 16.7 Å². The summed E-state index contributed by atoms with van der Waals surface area (Å²) in [5.41, 5.74) is 4.95. The Morgan fingerprint density at radius 3 is 2.79 bits per heavy atom. The van der Waals surface area contributed by atoms with Crippen molar-refractivity contribution in [2.45, 2.75) is 6.92 Å². The van der Waals surface area contributed by atoms with Crippen molar-refractivity contribution in [2.24, 2.45) is 0 Å². The second-order valence-corrected chi connectivity index (χ2v) is 7.76. The largest absolute Gasteiger partial charge is 0.492 e. The summed E-state index contributed by atoms with van der Waals surface area (Å²) in [6.45, 7) is 3.76. The van der Waals surface area contributed by atoms with Crippen molar-refractivity contribution >= 4 is 23.0 Å². The smallest absolute Gasteiger partial charge is 0.321 e. The molecule has 4 aromatic rings. The number of anilines is 1. The second-order valence-electron chi connectivity index (χ2n) is 7.76. The molecule has 3 heterocycles. The quantitative estimate of drug-likeness (QED) is 0.381. The van der Waals surface area contributed by atoms with Gasteiger partial charge in [-0.2, -0.15) is 0 Å². The second kappa shape index (κ2) is 10.1. The van der Waals surface area contributed by atoms with Crippen LogP contribution in [0.25, 0.3) is 33.4 Å². The predicted octanol–water partition coefficient (Wildman–Crippen LogP) is 3.77. The van der Waals surface area contributed by atoms with Gasteiger partial charge in [0.2, 0.25) is 5.95 Å². The fraction of sp³-hybridized carbons (Fsp3) is 0.250. The summed E-state index contributed by atoms with van der Waals surface area (Å²) in [5, 5.41) is 5.45. The lowest BCUT2D eigenvalue weighted by atomic mass is 10.0. The number of nitrogens with one attached hydrogen (secondary N) is 3. The van der Waals surface area contributed by atoms with Gasteiger partial charge in [-0.3, -0.25) is 15.3 Å². The lowest BCUT2D eigenvalue weighted by Crippen LogP contribution is -2.28. The number of pyridine rings is 2. The van der Waals surface area contributed by atoms with E-state index in [0.717, 1.165) is 40.2 Å². The zero-order chi connectivity index (χ0) is 23.2. The van der Waals surface area contributed by atoms with Crippen LogP contribution in [0.5, 0.6) is 5.75 Å². The predicted molar refractivity (Wildman–Crippen MR) is 129 cm³/mol. The number of carbonyl (C=O) groups excluding carboxylic acids is 1. The summed E-state index contributed by atoms with van der Waals surface area (Å²) in [7, 11) is 4.01. The molecule has 9 nitrogen and oxygen atoms in total. The van der Waals surface area contributed by atoms with E-state index in [-0.39, 0.29) is 6.03 Å². The molecule has 0 aliphatic rings. The van der Waals surface area contributed by atoms with Gasteiger partial charge in [-0.05, 0) is 50.8 Å². The summed E-state index contributed by atoms with van der Waals surface area (Å²) in [6.07, 6.45) is 5.27. The monoisotopic (exact) mass is 445 g/mol. The van der Waals surface area contributed by atoms with Crippen molar-refractivity contribution in [3.63, 3.8) is 0 Å². The molecule has 9 heteroatoms. The van der Waals surface area contributed by atoms with Crippen LogP contribution in [0.2, 0.25) is 0 Å². The Kier molecular flexibility index (Phi) is 6.80. The molecule has 170 valence electrons. The molecule has 3 aromatic heterocycles. The molecule has 0 saturated heterocycles. The minimum absolute atomic E-state index is 0.319. The Morgan fingerprint density at radius 1 is 1.15 bits per heavy atom. The molecule has 0 unspecified atom stereocenters. The summed E-state index contributed by atoms with van der Waals surface area (Å²) < 4.78 is 5.91. The first-order valence-electron chi connectivity index (χ1n) is 10.8. The van der Waals surface area contributed by atoms with Crippen molar-refractivity contribution < 1.29 is 9.53 Å². The standard InChI is InChI=1S/C24H27N7O2/c1-4-26-24(32)30-23-28-21-13-17(16-6-5-8-25-15-16)12-19(22(21)29-23)20-14-18(7-9-27-20)33-11-10-31(2)3/h5-9,12-15H,4,10-11H2,1-3H3,(H3,26,28,29,30,32). The van der Waals surface area contributed by atoms with Crippen LogP contribution < -0.4 is 15.4 Å². The first-order chi connectivity index (χ1) is 16.0. The molecular weight excluding hydrogens is 418 g/mol. The van der Waals surface area contributed by atoms with Crippen molar-refractivity contribution in [3.8, 4) is 28.1 Å². The third-order valence-electron chi connectivity index (χ3n) is 4.97. The van der Waals surface area contributed by atoms with Crippen LogP contribution in [0.15, 0.2) is 55.0 Å². The average Bonchev–Trinajstić information content (AvgIpc) is 3.21. The topological polar surface area (TPSA) is 108 Å². The van der Waals surface area contributed by atoms with Gasteiger partial charge in [0.15, 0.2) is 0 Å². The number of hydrogen-bond acceptors (Lipinski definition) is 6. The third kappa shape index (κ3) is 5.45. The number of imidazole rings is 1. The molecule has 0 fully saturated rings. The van der Waals surface area contributed by atoms with Crippen LogP contribution in [0.4, 0.5) is 10.7 Å². The Labute approximate surface area is 192 Å². The molecule has 2 amide bonds. The molecule has 0 spiro atoms. The van der Waals surface area contributed by atoms with E-state index in [2.05, 4.69) is 35.5 Å². The highest BCUT2D eigenvalue weighted by Crippen LogP contribution is 2.34. The maximum absolute atomic E-state index is 12.0. The van der Waals surface area contributed by atoms with Gasteiger partial charge in [-0.1, -0.05) is 6.07 Å². The number of amides is 2. The number of rotatable bonds is 8. The number of ether oxygens (including phenoxy) is 1. The molecule has 0 aliphatic heterocycles. The molecule has 0 bridgehead atoms. The Morgan fingerprint density at radius 2 is 2.03 bits per heavy atom. The fourth-order valence-electron chi connectivity index (χ4n) is 3.38. The van der Waals surface area contributed by atoms with Gasteiger partial charge < -0.3 is 19.9 Å². The summed E-state index contributed by atoms with van der Waals surface area (Å²) in [5.74, 6) is 1.09.